The second-order valence-electron chi connectivity index (χ2n) is 7.40. The minimum Gasteiger partial charge on any atom is -0.465 e. The van der Waals surface area contributed by atoms with E-state index in [4.69, 9.17) is 9.15 Å². The number of rotatable bonds is 6. The van der Waals surface area contributed by atoms with Gasteiger partial charge < -0.3 is 9.15 Å². The molecule has 1 amide bonds. The molecule has 0 aliphatic heterocycles. The molecule has 0 unspecified atom stereocenters. The zero-order chi connectivity index (χ0) is 25.3. The van der Waals surface area contributed by atoms with E-state index in [1.54, 1.807) is 13.0 Å². The fraction of sp³-hybridized carbons (Fsp3) is 0.0833. The summed E-state index contributed by atoms with van der Waals surface area (Å²) >= 11 is 0. The zero-order valence-electron chi connectivity index (χ0n) is 18.5. The first-order valence-electron chi connectivity index (χ1n) is 10.2. The van der Waals surface area contributed by atoms with Gasteiger partial charge in [-0.15, -0.1) is 0 Å². The molecule has 0 saturated carbocycles. The highest BCUT2D eigenvalue weighted by Gasteiger charge is 2.33. The highest BCUT2D eigenvalue weighted by atomic mass is 32.2. The number of methoxy groups -OCH3 is 1. The van der Waals surface area contributed by atoms with Crippen molar-refractivity contribution in [2.24, 2.45) is 0 Å². The number of ether oxygens (including phenoxy) is 1. The number of benzene rings is 3. The van der Waals surface area contributed by atoms with Gasteiger partial charge in [0.1, 0.15) is 16.9 Å². The van der Waals surface area contributed by atoms with E-state index in [2.05, 4.69) is 0 Å². The minimum atomic E-state index is -4.43. The first-order valence-corrected chi connectivity index (χ1v) is 11.6. The smallest absolute Gasteiger partial charge is 0.342 e. The summed E-state index contributed by atoms with van der Waals surface area (Å²) in [5.41, 5.74) is -0.00450. The van der Waals surface area contributed by atoms with Gasteiger partial charge in [0.15, 0.2) is 0 Å². The van der Waals surface area contributed by atoms with Gasteiger partial charge in [-0.2, -0.15) is 4.31 Å². The highest BCUT2D eigenvalue weighted by Crippen LogP contribution is 2.33. The summed E-state index contributed by atoms with van der Waals surface area (Å²) in [5.74, 6) is -1.36. The fourth-order valence-corrected chi connectivity index (χ4v) is 5.02. The van der Waals surface area contributed by atoms with Crippen molar-refractivity contribution < 1.29 is 32.1 Å². The molecule has 1 heterocycles. The zero-order valence-corrected chi connectivity index (χ0v) is 19.3. The normalized spacial score (nSPS) is 11.3. The Bertz CT molecular complexity index is 1560. The quantitative estimate of drug-likeness (QED) is 0.217. The van der Waals surface area contributed by atoms with Crippen molar-refractivity contribution in [2.45, 2.75) is 11.8 Å². The number of nitrogens with zero attached hydrogens (tertiary/aromatic N) is 2. The fourth-order valence-electron chi connectivity index (χ4n) is 3.60. The molecule has 11 heteroatoms. The molecule has 3 aromatic carbocycles. The molecule has 4 rings (SSSR count). The summed E-state index contributed by atoms with van der Waals surface area (Å²) in [4.78, 5) is 36.1. The molecule has 0 N–H and O–H groups in total. The lowest BCUT2D eigenvalue weighted by atomic mass is 10.1. The number of hydrogen-bond donors (Lipinski definition) is 0. The van der Waals surface area contributed by atoms with Crippen molar-refractivity contribution in [3.05, 3.63) is 99.8 Å². The third kappa shape index (κ3) is 4.24. The van der Waals surface area contributed by atoms with Crippen LogP contribution in [0.25, 0.3) is 11.0 Å². The molecule has 10 nitrogen and oxygen atoms in total. The molecule has 35 heavy (non-hydrogen) atoms. The van der Waals surface area contributed by atoms with E-state index in [1.165, 1.54) is 61.7 Å². The van der Waals surface area contributed by atoms with Gasteiger partial charge in [-0.3, -0.25) is 14.9 Å². The molecule has 4 aromatic rings. The van der Waals surface area contributed by atoms with Gasteiger partial charge in [0.2, 0.25) is 0 Å². The number of nitro benzene ring substituents is 1. The van der Waals surface area contributed by atoms with Crippen molar-refractivity contribution in [3.8, 4) is 0 Å². The van der Waals surface area contributed by atoms with E-state index < -0.39 is 26.8 Å². The van der Waals surface area contributed by atoms with Crippen LogP contribution >= 0.6 is 0 Å². The van der Waals surface area contributed by atoms with Crippen LogP contribution < -0.4 is 4.31 Å². The molecule has 0 spiro atoms. The Balaban J connectivity index is 1.93. The Morgan fingerprint density at radius 2 is 1.66 bits per heavy atom. The molecular weight excluding hydrogens is 476 g/mol. The lowest BCUT2D eigenvalue weighted by molar-refractivity contribution is -0.384. The van der Waals surface area contributed by atoms with Gasteiger partial charge in [-0.25, -0.2) is 13.2 Å². The summed E-state index contributed by atoms with van der Waals surface area (Å²) in [7, 11) is -3.22. The summed E-state index contributed by atoms with van der Waals surface area (Å²) in [5, 5.41) is 11.2. The molecule has 0 radical (unpaired) electrons. The van der Waals surface area contributed by atoms with Crippen molar-refractivity contribution in [1.82, 2.24) is 0 Å². The van der Waals surface area contributed by atoms with E-state index in [0.717, 1.165) is 12.1 Å². The molecule has 0 aliphatic carbocycles. The number of amides is 1. The Kier molecular flexibility index (Phi) is 6.10. The van der Waals surface area contributed by atoms with Crippen LogP contribution in [0.3, 0.4) is 0 Å². The second-order valence-corrected chi connectivity index (χ2v) is 9.18. The predicted octanol–water partition coefficient (Wildman–Crippen LogP) is 4.47. The van der Waals surface area contributed by atoms with Crippen molar-refractivity contribution in [1.29, 1.82) is 0 Å². The maximum Gasteiger partial charge on any atom is 0.342 e. The van der Waals surface area contributed by atoms with E-state index >= 15 is 0 Å². The Morgan fingerprint density at radius 1 is 1.00 bits per heavy atom. The first-order chi connectivity index (χ1) is 16.6. The number of fused-ring (bicyclic) bond motifs is 1. The number of non-ortho nitro benzene ring substituents is 1. The summed E-state index contributed by atoms with van der Waals surface area (Å²) in [6, 6.07) is 16.1. The van der Waals surface area contributed by atoms with E-state index in [-0.39, 0.29) is 38.5 Å². The maximum absolute atomic E-state index is 13.6. The third-order valence-corrected chi connectivity index (χ3v) is 6.99. The summed E-state index contributed by atoms with van der Waals surface area (Å²) in [6.45, 7) is 1.56. The number of hydrogen-bond acceptors (Lipinski definition) is 8. The molecular formula is C24H18N2O8S. The number of carbonyl (C=O) groups is 2. The molecule has 0 aliphatic rings. The van der Waals surface area contributed by atoms with Crippen LogP contribution in [0.2, 0.25) is 0 Å². The van der Waals surface area contributed by atoms with Gasteiger partial charge in [0.05, 0.1) is 22.6 Å². The third-order valence-electron chi connectivity index (χ3n) is 5.26. The molecule has 0 bridgehead atoms. The van der Waals surface area contributed by atoms with Gasteiger partial charge in [0.25, 0.3) is 21.6 Å². The Morgan fingerprint density at radius 3 is 2.26 bits per heavy atom. The topological polar surface area (TPSA) is 137 Å². The number of aryl methyl sites for hydroxylation is 1. The molecule has 1 aromatic heterocycles. The molecule has 0 atom stereocenters. The Labute approximate surface area is 199 Å². The van der Waals surface area contributed by atoms with Crippen molar-refractivity contribution in [3.63, 3.8) is 0 Å². The summed E-state index contributed by atoms with van der Waals surface area (Å²) < 4.78 is 38.2. The van der Waals surface area contributed by atoms with Gasteiger partial charge in [-0.05, 0) is 49.4 Å². The van der Waals surface area contributed by atoms with Crippen LogP contribution in [-0.4, -0.2) is 32.3 Å². The minimum absolute atomic E-state index is 0.0596. The molecule has 0 saturated heterocycles. The highest BCUT2D eigenvalue weighted by molar-refractivity contribution is 7.93. The SMILES string of the molecule is COC(=O)c1c(C)oc2ccc(N(C(=O)c3ccc([N+](=O)[O-])cc3)S(=O)(=O)c3ccccc3)cc12. The maximum atomic E-state index is 13.6. The van der Waals surface area contributed by atoms with E-state index in [1.807, 2.05) is 0 Å². The van der Waals surface area contributed by atoms with Gasteiger partial charge >= 0.3 is 5.97 Å². The number of sulfonamides is 1. The number of anilines is 1. The van der Waals surface area contributed by atoms with Gasteiger partial charge in [0, 0.05) is 23.1 Å². The molecule has 178 valence electrons. The second kappa shape index (κ2) is 9.03. The van der Waals surface area contributed by atoms with Crippen LogP contribution in [0.15, 0.2) is 82.1 Å². The average molecular weight is 494 g/mol. The number of nitro groups is 1. The molecule has 0 fully saturated rings. The van der Waals surface area contributed by atoms with E-state index in [9.17, 15) is 28.1 Å². The monoisotopic (exact) mass is 494 g/mol. The van der Waals surface area contributed by atoms with Crippen LogP contribution in [0.4, 0.5) is 11.4 Å². The number of carbonyl (C=O) groups excluding carboxylic acids is 2. The lowest BCUT2D eigenvalue weighted by Crippen LogP contribution is -2.37. The number of esters is 1. The van der Waals surface area contributed by atoms with Crippen LogP contribution in [-0.2, 0) is 14.8 Å². The number of furan rings is 1. The lowest BCUT2D eigenvalue weighted by Gasteiger charge is -2.23. The van der Waals surface area contributed by atoms with Crippen LogP contribution in [0.1, 0.15) is 26.5 Å². The average Bonchev–Trinajstić information content (AvgIpc) is 3.19. The van der Waals surface area contributed by atoms with Gasteiger partial charge in [-0.1, -0.05) is 18.2 Å². The van der Waals surface area contributed by atoms with E-state index in [0.29, 0.717) is 9.89 Å². The first kappa shape index (κ1) is 23.6. The standard InChI is InChI=1S/C24H18N2O8S/c1-15-22(24(28)33-2)20-14-18(12-13-21(20)34-15)25(35(31,32)19-6-4-3-5-7-19)23(27)16-8-10-17(11-9-16)26(29)30/h3-14H,1-2H3. The van der Waals surface area contributed by atoms with Crippen molar-refractivity contribution in [2.75, 3.05) is 11.4 Å². The van der Waals surface area contributed by atoms with Crippen LogP contribution in [0, 0.1) is 17.0 Å². The summed E-state index contributed by atoms with van der Waals surface area (Å²) in [6.07, 6.45) is 0. The van der Waals surface area contributed by atoms with Crippen molar-refractivity contribution >= 4 is 44.2 Å². The van der Waals surface area contributed by atoms with Crippen LogP contribution in [0.5, 0.6) is 0 Å². The predicted molar refractivity (Wildman–Crippen MR) is 126 cm³/mol. The largest absolute Gasteiger partial charge is 0.465 e. The Hall–Kier alpha value is -4.51.